The van der Waals surface area contributed by atoms with Gasteiger partial charge in [-0.1, -0.05) is 18.2 Å². The van der Waals surface area contributed by atoms with E-state index in [-0.39, 0.29) is 19.1 Å². The standard InChI is InChI=1S/C12H14F3NO/c13-12(14,15)9-3-1-2-8(4-9)11(7-16)5-10(11)6-17/h1-4,10,17H,5-7,16H2. The highest BCUT2D eigenvalue weighted by Gasteiger charge is 2.54. The van der Waals surface area contributed by atoms with Crippen LogP contribution >= 0.6 is 0 Å². The van der Waals surface area contributed by atoms with E-state index in [1.165, 1.54) is 6.07 Å². The molecule has 2 nitrogen and oxygen atoms in total. The lowest BCUT2D eigenvalue weighted by Gasteiger charge is -2.17. The molecule has 1 saturated carbocycles. The number of alkyl halides is 3. The van der Waals surface area contributed by atoms with Gasteiger partial charge in [0.05, 0.1) is 5.56 Å². The van der Waals surface area contributed by atoms with Crippen LogP contribution in [0.5, 0.6) is 0 Å². The van der Waals surface area contributed by atoms with Crippen LogP contribution in [0.3, 0.4) is 0 Å². The molecule has 0 radical (unpaired) electrons. The molecule has 2 rings (SSSR count). The maximum Gasteiger partial charge on any atom is 0.416 e. The van der Waals surface area contributed by atoms with Crippen LogP contribution in [0.4, 0.5) is 13.2 Å². The zero-order valence-corrected chi connectivity index (χ0v) is 9.17. The van der Waals surface area contributed by atoms with Crippen molar-refractivity contribution in [2.45, 2.75) is 18.0 Å². The van der Waals surface area contributed by atoms with Gasteiger partial charge in [-0.25, -0.2) is 0 Å². The highest BCUT2D eigenvalue weighted by molar-refractivity contribution is 5.38. The van der Waals surface area contributed by atoms with Crippen molar-refractivity contribution >= 4 is 0 Å². The number of aliphatic hydroxyl groups excluding tert-OH is 1. The molecule has 0 bridgehead atoms. The van der Waals surface area contributed by atoms with E-state index in [0.29, 0.717) is 12.0 Å². The lowest BCUT2D eigenvalue weighted by Crippen LogP contribution is -2.24. The number of halogens is 3. The predicted octanol–water partition coefficient (Wildman–Crippen LogP) is 1.91. The van der Waals surface area contributed by atoms with Crippen LogP contribution in [0.2, 0.25) is 0 Å². The molecule has 2 atom stereocenters. The third-order valence-corrected chi connectivity index (χ3v) is 3.58. The second-order valence-electron chi connectivity index (χ2n) is 4.52. The largest absolute Gasteiger partial charge is 0.416 e. The van der Waals surface area contributed by atoms with Crippen LogP contribution in [0, 0.1) is 5.92 Å². The van der Waals surface area contributed by atoms with Gasteiger partial charge in [-0.3, -0.25) is 0 Å². The second kappa shape index (κ2) is 3.99. The third kappa shape index (κ3) is 2.05. The summed E-state index contributed by atoms with van der Waals surface area (Å²) in [5.41, 5.74) is 5.09. The number of nitrogens with two attached hydrogens (primary N) is 1. The molecule has 1 aromatic carbocycles. The first kappa shape index (κ1) is 12.4. The average Bonchev–Trinajstić information content (AvgIpc) is 3.03. The first-order valence-electron chi connectivity index (χ1n) is 5.43. The zero-order valence-electron chi connectivity index (χ0n) is 9.17. The Morgan fingerprint density at radius 3 is 2.59 bits per heavy atom. The van der Waals surface area contributed by atoms with E-state index in [1.807, 2.05) is 0 Å². The molecule has 0 spiro atoms. The van der Waals surface area contributed by atoms with Crippen molar-refractivity contribution in [3.05, 3.63) is 35.4 Å². The fourth-order valence-corrected chi connectivity index (χ4v) is 2.35. The summed E-state index contributed by atoms with van der Waals surface area (Å²) >= 11 is 0. The minimum absolute atomic E-state index is 0.0176. The van der Waals surface area contributed by atoms with Crippen LogP contribution in [0.1, 0.15) is 17.5 Å². The van der Waals surface area contributed by atoms with Crippen LogP contribution in [-0.4, -0.2) is 18.3 Å². The van der Waals surface area contributed by atoms with Gasteiger partial charge in [0, 0.05) is 18.6 Å². The summed E-state index contributed by atoms with van der Waals surface area (Å²) in [4.78, 5) is 0. The van der Waals surface area contributed by atoms with Gasteiger partial charge in [-0.15, -0.1) is 0 Å². The van der Waals surface area contributed by atoms with E-state index in [2.05, 4.69) is 0 Å². The van der Waals surface area contributed by atoms with Crippen molar-refractivity contribution in [1.29, 1.82) is 0 Å². The molecule has 1 aliphatic carbocycles. The Morgan fingerprint density at radius 1 is 1.41 bits per heavy atom. The van der Waals surface area contributed by atoms with Gasteiger partial charge in [0.15, 0.2) is 0 Å². The Kier molecular flexibility index (Phi) is 2.91. The molecule has 0 amide bonds. The summed E-state index contributed by atoms with van der Waals surface area (Å²) in [5.74, 6) is -0.0176. The summed E-state index contributed by atoms with van der Waals surface area (Å²) in [6.45, 7) is 0.229. The fraction of sp³-hybridized carbons (Fsp3) is 0.500. The van der Waals surface area contributed by atoms with E-state index in [9.17, 15) is 13.2 Å². The maximum atomic E-state index is 12.6. The quantitative estimate of drug-likeness (QED) is 0.854. The van der Waals surface area contributed by atoms with Gasteiger partial charge in [-0.2, -0.15) is 13.2 Å². The molecular weight excluding hydrogens is 231 g/mol. The Labute approximate surface area is 97.2 Å². The second-order valence-corrected chi connectivity index (χ2v) is 4.52. The average molecular weight is 245 g/mol. The molecule has 0 aliphatic heterocycles. The summed E-state index contributed by atoms with van der Waals surface area (Å²) in [6.07, 6.45) is -3.68. The van der Waals surface area contributed by atoms with Crippen molar-refractivity contribution in [2.75, 3.05) is 13.2 Å². The lowest BCUT2D eigenvalue weighted by atomic mass is 9.92. The first-order valence-corrected chi connectivity index (χ1v) is 5.43. The monoisotopic (exact) mass is 245 g/mol. The van der Waals surface area contributed by atoms with E-state index >= 15 is 0 Å². The number of hydrogen-bond donors (Lipinski definition) is 2. The zero-order chi connectivity index (χ0) is 12.7. The molecule has 94 valence electrons. The molecule has 0 heterocycles. The van der Waals surface area contributed by atoms with Crippen LogP contribution in [-0.2, 0) is 11.6 Å². The topological polar surface area (TPSA) is 46.2 Å². The van der Waals surface area contributed by atoms with Crippen molar-refractivity contribution < 1.29 is 18.3 Å². The number of benzene rings is 1. The predicted molar refractivity (Wildman–Crippen MR) is 57.4 cm³/mol. The normalized spacial score (nSPS) is 28.2. The van der Waals surface area contributed by atoms with Gasteiger partial charge in [0.1, 0.15) is 0 Å². The number of hydrogen-bond acceptors (Lipinski definition) is 2. The fourth-order valence-electron chi connectivity index (χ4n) is 2.35. The molecule has 3 N–H and O–H groups in total. The smallest absolute Gasteiger partial charge is 0.396 e. The van der Waals surface area contributed by atoms with Crippen molar-refractivity contribution in [3.8, 4) is 0 Å². The molecule has 1 aliphatic rings. The van der Waals surface area contributed by atoms with E-state index in [4.69, 9.17) is 10.8 Å². The Balaban J connectivity index is 2.34. The molecule has 0 aromatic heterocycles. The summed E-state index contributed by atoms with van der Waals surface area (Å²) < 4.78 is 37.7. The highest BCUT2D eigenvalue weighted by atomic mass is 19.4. The van der Waals surface area contributed by atoms with E-state index < -0.39 is 17.2 Å². The van der Waals surface area contributed by atoms with E-state index in [1.54, 1.807) is 6.07 Å². The molecule has 5 heteroatoms. The summed E-state index contributed by atoms with van der Waals surface area (Å²) in [6, 6.07) is 5.23. The molecule has 1 fully saturated rings. The van der Waals surface area contributed by atoms with Gasteiger partial charge in [0.25, 0.3) is 0 Å². The Morgan fingerprint density at radius 2 is 2.12 bits per heavy atom. The molecule has 17 heavy (non-hydrogen) atoms. The van der Waals surface area contributed by atoms with E-state index in [0.717, 1.165) is 12.1 Å². The lowest BCUT2D eigenvalue weighted by molar-refractivity contribution is -0.137. The summed E-state index contributed by atoms with van der Waals surface area (Å²) in [5, 5.41) is 9.09. The van der Waals surface area contributed by atoms with Gasteiger partial charge in [-0.05, 0) is 24.0 Å². The van der Waals surface area contributed by atoms with Crippen LogP contribution in [0.15, 0.2) is 24.3 Å². The third-order valence-electron chi connectivity index (χ3n) is 3.58. The minimum Gasteiger partial charge on any atom is -0.396 e. The van der Waals surface area contributed by atoms with Crippen molar-refractivity contribution in [3.63, 3.8) is 0 Å². The Bertz CT molecular complexity index is 418. The van der Waals surface area contributed by atoms with Crippen molar-refractivity contribution in [1.82, 2.24) is 0 Å². The molecule has 1 aromatic rings. The first-order chi connectivity index (χ1) is 7.94. The van der Waals surface area contributed by atoms with Crippen LogP contribution in [0.25, 0.3) is 0 Å². The molecule has 2 unspecified atom stereocenters. The molecular formula is C12H14F3NO. The Hall–Kier alpha value is -1.07. The SMILES string of the molecule is NCC1(c2cccc(C(F)(F)F)c2)CC1CO. The van der Waals surface area contributed by atoms with Gasteiger partial charge < -0.3 is 10.8 Å². The summed E-state index contributed by atoms with van der Waals surface area (Å²) in [7, 11) is 0. The van der Waals surface area contributed by atoms with Gasteiger partial charge in [0.2, 0.25) is 0 Å². The number of aliphatic hydroxyl groups is 1. The highest BCUT2D eigenvalue weighted by Crippen LogP contribution is 2.53. The van der Waals surface area contributed by atoms with Crippen molar-refractivity contribution in [2.24, 2.45) is 11.7 Å². The number of rotatable bonds is 3. The minimum atomic E-state index is -4.34. The van der Waals surface area contributed by atoms with Crippen LogP contribution < -0.4 is 5.73 Å². The maximum absolute atomic E-state index is 12.6. The van der Waals surface area contributed by atoms with Gasteiger partial charge >= 0.3 is 6.18 Å². The molecule has 0 saturated heterocycles.